The molecule has 7 N–H and O–H groups in total. The molecule has 0 unspecified atom stereocenters. The van der Waals surface area contributed by atoms with Crippen LogP contribution in [0.3, 0.4) is 0 Å². The van der Waals surface area contributed by atoms with E-state index >= 15 is 0 Å². The van der Waals surface area contributed by atoms with Crippen molar-refractivity contribution < 1.29 is 47.3 Å². The molecule has 9 heavy (non-hydrogen) atoms. The van der Waals surface area contributed by atoms with Gasteiger partial charge in [-0.25, -0.2) is 4.57 Å². The fourth-order valence-corrected chi connectivity index (χ4v) is 0. The van der Waals surface area contributed by atoms with Gasteiger partial charge in [-0.1, -0.05) is 0 Å². The zero-order chi connectivity index (χ0) is 4.50. The van der Waals surface area contributed by atoms with Crippen molar-refractivity contribution in [3.63, 3.8) is 0 Å². The van der Waals surface area contributed by atoms with Gasteiger partial charge in [0.1, 0.15) is 0 Å². The van der Waals surface area contributed by atoms with Crippen LogP contribution in [-0.2, 0) is 21.6 Å². The SMILES string of the molecule is O.O.O=P(O)(O)O.S.[Fe]. The Morgan fingerprint density at radius 2 is 1.00 bits per heavy atom. The van der Waals surface area contributed by atoms with E-state index in [4.69, 9.17) is 19.2 Å². The Morgan fingerprint density at radius 3 is 1.00 bits per heavy atom. The zero-order valence-electron chi connectivity index (χ0n) is 4.05. The molecule has 0 fully saturated rings. The van der Waals surface area contributed by atoms with Crippen LogP contribution in [0.1, 0.15) is 0 Å². The maximum absolute atomic E-state index is 8.88. The van der Waals surface area contributed by atoms with Crippen molar-refractivity contribution in [3.05, 3.63) is 0 Å². The molecule has 0 radical (unpaired) electrons. The third-order valence-corrected chi connectivity index (χ3v) is 0. The fraction of sp³-hybridized carbons (Fsp3) is 0. The van der Waals surface area contributed by atoms with Gasteiger partial charge in [-0.2, -0.15) is 13.5 Å². The molecule has 0 aromatic heterocycles. The van der Waals surface area contributed by atoms with Crippen molar-refractivity contribution in [3.8, 4) is 0 Å². The molecule has 0 saturated carbocycles. The molecule has 0 aliphatic carbocycles. The van der Waals surface area contributed by atoms with Gasteiger partial charge in [0.15, 0.2) is 0 Å². The van der Waals surface area contributed by atoms with Crippen LogP contribution in [-0.4, -0.2) is 25.6 Å². The zero-order valence-corrected chi connectivity index (χ0v) is 7.05. The normalized spacial score (nSPS) is 6.56. The molecule has 0 aromatic carbocycles. The van der Waals surface area contributed by atoms with E-state index in [2.05, 4.69) is 0 Å². The minimum absolute atomic E-state index is 0. The summed E-state index contributed by atoms with van der Waals surface area (Å²) in [7, 11) is -4.64. The molecule has 0 amide bonds. The van der Waals surface area contributed by atoms with Gasteiger partial charge >= 0.3 is 7.82 Å². The summed E-state index contributed by atoms with van der Waals surface area (Å²) in [6, 6.07) is 0. The predicted octanol–water partition coefficient (Wildman–Crippen LogP) is -2.47. The summed E-state index contributed by atoms with van der Waals surface area (Å²) >= 11 is 0. The van der Waals surface area contributed by atoms with E-state index in [1.165, 1.54) is 0 Å². The van der Waals surface area contributed by atoms with Crippen LogP contribution in [0, 0.1) is 0 Å². The molecule has 6 nitrogen and oxygen atoms in total. The first-order valence-corrected chi connectivity index (χ1v) is 2.35. The van der Waals surface area contributed by atoms with E-state index in [0.717, 1.165) is 0 Å². The Balaban J connectivity index is -0.0000000133. The van der Waals surface area contributed by atoms with Gasteiger partial charge < -0.3 is 25.6 Å². The third-order valence-electron chi connectivity index (χ3n) is 0. The van der Waals surface area contributed by atoms with Crippen LogP contribution < -0.4 is 0 Å². The smallest absolute Gasteiger partial charge is 0.412 e. The van der Waals surface area contributed by atoms with Gasteiger partial charge in [-0.15, -0.1) is 0 Å². The van der Waals surface area contributed by atoms with Crippen molar-refractivity contribution >= 4 is 21.3 Å². The first kappa shape index (κ1) is 32.7. The van der Waals surface area contributed by atoms with Crippen molar-refractivity contribution in [2.75, 3.05) is 0 Å². The quantitative estimate of drug-likeness (QED) is 0.309. The third kappa shape index (κ3) is 524. The monoisotopic (exact) mass is 224 g/mol. The predicted molar refractivity (Wildman–Crippen MR) is 31.9 cm³/mol. The molecule has 0 spiro atoms. The van der Waals surface area contributed by atoms with Gasteiger partial charge in [0.2, 0.25) is 0 Å². The van der Waals surface area contributed by atoms with Crippen LogP contribution in [0.25, 0.3) is 0 Å². The topological polar surface area (TPSA) is 141 Å². The molecule has 0 rings (SSSR count). The summed E-state index contributed by atoms with van der Waals surface area (Å²) in [5.41, 5.74) is 0. The van der Waals surface area contributed by atoms with Crippen molar-refractivity contribution in [1.29, 1.82) is 0 Å². The molecular formula is H9FeO6PS. The van der Waals surface area contributed by atoms with E-state index in [-0.39, 0.29) is 41.5 Å². The molecule has 0 aliphatic heterocycles. The summed E-state index contributed by atoms with van der Waals surface area (Å²) in [5.74, 6) is 0. The molecule has 0 aliphatic rings. The largest absolute Gasteiger partial charge is 0.466 e. The van der Waals surface area contributed by atoms with E-state index in [9.17, 15) is 0 Å². The van der Waals surface area contributed by atoms with Gasteiger partial charge in [0.05, 0.1) is 0 Å². The minimum atomic E-state index is -4.64. The molecule has 0 heterocycles. The second-order valence-corrected chi connectivity index (χ2v) is 1.54. The van der Waals surface area contributed by atoms with Crippen molar-refractivity contribution in [2.45, 2.75) is 0 Å². The number of hydrogen-bond donors (Lipinski definition) is 3. The van der Waals surface area contributed by atoms with Crippen molar-refractivity contribution in [1.82, 2.24) is 0 Å². The average molecular weight is 224 g/mol. The Hall–Kier alpha value is 0.899. The van der Waals surface area contributed by atoms with Crippen LogP contribution in [0.15, 0.2) is 0 Å². The van der Waals surface area contributed by atoms with Crippen LogP contribution in [0.4, 0.5) is 0 Å². The molecule has 0 atom stereocenters. The first-order chi connectivity index (χ1) is 2.00. The second kappa shape index (κ2) is 11.7. The standard InChI is InChI=1S/Fe.H3O4P.2H2O.H2S/c;1-5(2,3)4;;;/h;(H3,1,2,3,4);3*1H2. The molecule has 0 aromatic rings. The first-order valence-electron chi connectivity index (χ1n) is 0.783. The van der Waals surface area contributed by atoms with Crippen LogP contribution in [0.2, 0.25) is 0 Å². The summed E-state index contributed by atoms with van der Waals surface area (Å²) in [5, 5.41) is 0. The molecule has 9 heteroatoms. The summed E-state index contributed by atoms with van der Waals surface area (Å²) in [6.45, 7) is 0. The van der Waals surface area contributed by atoms with Crippen LogP contribution in [0.5, 0.6) is 0 Å². The summed E-state index contributed by atoms with van der Waals surface area (Å²) < 4.78 is 8.88. The summed E-state index contributed by atoms with van der Waals surface area (Å²) in [4.78, 5) is 21.6. The Labute approximate surface area is 69.1 Å². The Bertz CT molecular complexity index is 59.2. The summed E-state index contributed by atoms with van der Waals surface area (Å²) in [6.07, 6.45) is 0. The Morgan fingerprint density at radius 1 is 1.00 bits per heavy atom. The number of rotatable bonds is 0. The number of phosphoric acid groups is 1. The molecule has 0 saturated heterocycles. The molecule has 0 bridgehead atoms. The number of hydrogen-bond acceptors (Lipinski definition) is 1. The second-order valence-electron chi connectivity index (χ2n) is 0.513. The minimum Gasteiger partial charge on any atom is -0.412 e. The van der Waals surface area contributed by atoms with Gasteiger partial charge in [-0.3, -0.25) is 0 Å². The van der Waals surface area contributed by atoms with Gasteiger partial charge in [0.25, 0.3) is 0 Å². The molecular weight excluding hydrogens is 215 g/mol. The maximum Gasteiger partial charge on any atom is 0.466 e. The molecule has 64 valence electrons. The van der Waals surface area contributed by atoms with E-state index in [1.807, 2.05) is 0 Å². The Kier molecular flexibility index (Phi) is 42.3. The van der Waals surface area contributed by atoms with Crippen LogP contribution >= 0.6 is 21.3 Å². The van der Waals surface area contributed by atoms with Gasteiger partial charge in [-0.05, 0) is 0 Å². The van der Waals surface area contributed by atoms with Crippen molar-refractivity contribution in [2.24, 2.45) is 0 Å². The fourth-order valence-electron chi connectivity index (χ4n) is 0. The maximum atomic E-state index is 8.88. The van der Waals surface area contributed by atoms with E-state index in [0.29, 0.717) is 0 Å². The average Bonchev–Trinajstić information content (AvgIpc) is 0.722. The van der Waals surface area contributed by atoms with Gasteiger partial charge in [0, 0.05) is 17.1 Å². The van der Waals surface area contributed by atoms with E-state index in [1.54, 1.807) is 0 Å². The van der Waals surface area contributed by atoms with E-state index < -0.39 is 7.82 Å².